The molecule has 0 unspecified atom stereocenters. The predicted molar refractivity (Wildman–Crippen MR) is 85.3 cm³/mol. The lowest BCUT2D eigenvalue weighted by Gasteiger charge is -2.10. The number of amidine groups is 1. The maximum absolute atomic E-state index is 12.3. The molecule has 1 aromatic carbocycles. The molecular weight excluding hydrogens is 286 g/mol. The zero-order valence-electron chi connectivity index (χ0n) is 11.9. The number of anilines is 1. The van der Waals surface area contributed by atoms with Crippen LogP contribution in [-0.2, 0) is 6.42 Å². The molecule has 6 heteroatoms. The number of oxime groups is 1. The Hall–Kier alpha value is -2.34. The number of carbonyl (C=O) groups excluding carboxylic acids is 1. The minimum atomic E-state index is -0.137. The van der Waals surface area contributed by atoms with E-state index in [1.54, 1.807) is 12.1 Å². The van der Waals surface area contributed by atoms with Gasteiger partial charge < -0.3 is 16.3 Å². The largest absolute Gasteiger partial charge is 0.409 e. The lowest BCUT2D eigenvalue weighted by atomic mass is 10.1. The number of nitrogens with one attached hydrogen (secondary N) is 1. The van der Waals surface area contributed by atoms with Crippen LogP contribution in [-0.4, -0.2) is 17.0 Å². The number of thiophene rings is 1. The molecule has 0 saturated heterocycles. The summed E-state index contributed by atoms with van der Waals surface area (Å²) in [5, 5.41) is 16.5. The highest BCUT2D eigenvalue weighted by atomic mass is 32.1. The van der Waals surface area contributed by atoms with E-state index < -0.39 is 0 Å². The zero-order chi connectivity index (χ0) is 15.4. The molecule has 0 fully saturated rings. The van der Waals surface area contributed by atoms with Crippen molar-refractivity contribution >= 4 is 28.8 Å². The number of carbonyl (C=O) groups is 1. The molecule has 2 rings (SSSR count). The molecular formula is C15H17N3O2S. The van der Waals surface area contributed by atoms with Crippen LogP contribution < -0.4 is 11.1 Å². The third-order valence-electron chi connectivity index (χ3n) is 3.22. The third-order valence-corrected chi connectivity index (χ3v) is 4.18. The summed E-state index contributed by atoms with van der Waals surface area (Å²) in [6.07, 6.45) is 0.815. The molecule has 0 saturated carbocycles. The van der Waals surface area contributed by atoms with Gasteiger partial charge in [-0.15, -0.1) is 11.3 Å². The van der Waals surface area contributed by atoms with Gasteiger partial charge in [-0.05, 0) is 42.0 Å². The maximum atomic E-state index is 12.3. The highest BCUT2D eigenvalue weighted by Crippen LogP contribution is 2.22. The van der Waals surface area contributed by atoms with E-state index >= 15 is 0 Å². The molecule has 1 aromatic heterocycles. The van der Waals surface area contributed by atoms with E-state index in [2.05, 4.69) is 10.5 Å². The summed E-state index contributed by atoms with van der Waals surface area (Å²) in [4.78, 5) is 13.1. The van der Waals surface area contributed by atoms with E-state index in [0.29, 0.717) is 16.1 Å². The summed E-state index contributed by atoms with van der Waals surface area (Å²) in [5.74, 6) is -0.127. The minimum absolute atomic E-state index is 0.0101. The van der Waals surface area contributed by atoms with Crippen molar-refractivity contribution in [3.63, 3.8) is 0 Å². The van der Waals surface area contributed by atoms with E-state index in [0.717, 1.165) is 17.5 Å². The van der Waals surface area contributed by atoms with E-state index in [-0.39, 0.29) is 11.7 Å². The smallest absolute Gasteiger partial charge is 0.266 e. The Morgan fingerprint density at radius 3 is 2.86 bits per heavy atom. The number of aryl methyl sites for hydroxylation is 2. The summed E-state index contributed by atoms with van der Waals surface area (Å²) in [5.41, 5.74) is 8.72. The van der Waals surface area contributed by atoms with Crippen LogP contribution in [0.4, 0.5) is 5.69 Å². The standard InChI is InChI=1S/C15H17N3O2S/c1-3-10-6-7-21-13(10)15(19)17-12-8-11(14(16)18-20)5-4-9(12)2/h4-8,20H,3H2,1-2H3,(H2,16,18)(H,17,19). The summed E-state index contributed by atoms with van der Waals surface area (Å²) in [6, 6.07) is 7.21. The van der Waals surface area contributed by atoms with Gasteiger partial charge in [0.05, 0.1) is 4.88 Å². The lowest BCUT2D eigenvalue weighted by molar-refractivity contribution is 0.102. The van der Waals surface area contributed by atoms with Crippen LogP contribution in [0.15, 0.2) is 34.8 Å². The van der Waals surface area contributed by atoms with Gasteiger partial charge in [0.2, 0.25) is 0 Å². The molecule has 0 aliphatic heterocycles. The molecule has 0 bridgehead atoms. The van der Waals surface area contributed by atoms with Gasteiger partial charge in [0, 0.05) is 11.3 Å². The molecule has 0 aliphatic carbocycles. The third kappa shape index (κ3) is 3.22. The molecule has 2 aromatic rings. The van der Waals surface area contributed by atoms with Gasteiger partial charge in [0.15, 0.2) is 5.84 Å². The van der Waals surface area contributed by atoms with Crippen LogP contribution in [0.3, 0.4) is 0 Å². The second-order valence-corrected chi connectivity index (χ2v) is 5.51. The molecule has 1 heterocycles. The Bertz CT molecular complexity index is 692. The van der Waals surface area contributed by atoms with Gasteiger partial charge in [-0.25, -0.2) is 0 Å². The predicted octanol–water partition coefficient (Wildman–Crippen LogP) is 2.97. The Kier molecular flexibility index (Phi) is 4.59. The Labute approximate surface area is 127 Å². The van der Waals surface area contributed by atoms with E-state index in [1.165, 1.54) is 11.3 Å². The second-order valence-electron chi connectivity index (χ2n) is 4.60. The van der Waals surface area contributed by atoms with Crippen molar-refractivity contribution in [3.05, 3.63) is 51.2 Å². The fourth-order valence-corrected chi connectivity index (χ4v) is 2.86. The monoisotopic (exact) mass is 303 g/mol. The van der Waals surface area contributed by atoms with Crippen molar-refractivity contribution in [3.8, 4) is 0 Å². The molecule has 110 valence electrons. The van der Waals surface area contributed by atoms with Crippen LogP contribution >= 0.6 is 11.3 Å². The Morgan fingerprint density at radius 1 is 1.43 bits per heavy atom. The number of nitrogens with two attached hydrogens (primary N) is 1. The summed E-state index contributed by atoms with van der Waals surface area (Å²) in [6.45, 7) is 3.91. The van der Waals surface area contributed by atoms with Crippen molar-refractivity contribution in [2.24, 2.45) is 10.9 Å². The molecule has 0 radical (unpaired) electrons. The van der Waals surface area contributed by atoms with Crippen molar-refractivity contribution in [1.29, 1.82) is 0 Å². The Balaban J connectivity index is 2.29. The zero-order valence-corrected chi connectivity index (χ0v) is 12.7. The SMILES string of the molecule is CCc1ccsc1C(=O)Nc1cc(/C(N)=N/O)ccc1C. The molecule has 1 amide bonds. The topological polar surface area (TPSA) is 87.7 Å². The molecule has 21 heavy (non-hydrogen) atoms. The Morgan fingerprint density at radius 2 is 2.19 bits per heavy atom. The highest BCUT2D eigenvalue weighted by Gasteiger charge is 2.14. The number of amides is 1. The fourth-order valence-electron chi connectivity index (χ4n) is 1.97. The first-order chi connectivity index (χ1) is 10.1. The summed E-state index contributed by atoms with van der Waals surface area (Å²) < 4.78 is 0. The molecule has 4 N–H and O–H groups in total. The summed E-state index contributed by atoms with van der Waals surface area (Å²) in [7, 11) is 0. The number of hydrogen-bond donors (Lipinski definition) is 3. The van der Waals surface area contributed by atoms with Gasteiger partial charge in [-0.1, -0.05) is 24.2 Å². The van der Waals surface area contributed by atoms with Crippen LogP contribution in [0.2, 0.25) is 0 Å². The first kappa shape index (κ1) is 15.1. The maximum Gasteiger partial charge on any atom is 0.266 e. The number of benzene rings is 1. The van der Waals surface area contributed by atoms with E-state index in [4.69, 9.17) is 10.9 Å². The molecule has 0 atom stereocenters. The number of hydrogen-bond acceptors (Lipinski definition) is 4. The number of rotatable bonds is 4. The van der Waals surface area contributed by atoms with E-state index in [9.17, 15) is 4.79 Å². The number of nitrogens with zero attached hydrogens (tertiary/aromatic N) is 1. The van der Waals surface area contributed by atoms with Gasteiger partial charge >= 0.3 is 0 Å². The van der Waals surface area contributed by atoms with Crippen LogP contribution in [0, 0.1) is 6.92 Å². The second kappa shape index (κ2) is 6.41. The average molecular weight is 303 g/mol. The van der Waals surface area contributed by atoms with E-state index in [1.807, 2.05) is 31.4 Å². The molecule has 0 spiro atoms. The van der Waals surface area contributed by atoms with Crippen LogP contribution in [0.5, 0.6) is 0 Å². The van der Waals surface area contributed by atoms with Crippen LogP contribution in [0.25, 0.3) is 0 Å². The van der Waals surface area contributed by atoms with Gasteiger partial charge in [0.1, 0.15) is 0 Å². The quantitative estimate of drug-likeness (QED) is 0.351. The average Bonchev–Trinajstić information content (AvgIpc) is 2.97. The minimum Gasteiger partial charge on any atom is -0.409 e. The van der Waals surface area contributed by atoms with Gasteiger partial charge in [0.25, 0.3) is 5.91 Å². The van der Waals surface area contributed by atoms with Crippen molar-refractivity contribution in [2.75, 3.05) is 5.32 Å². The first-order valence-electron chi connectivity index (χ1n) is 6.53. The summed E-state index contributed by atoms with van der Waals surface area (Å²) >= 11 is 1.42. The fraction of sp³-hybridized carbons (Fsp3) is 0.200. The van der Waals surface area contributed by atoms with Crippen LogP contribution in [0.1, 0.15) is 33.3 Å². The van der Waals surface area contributed by atoms with Crippen molar-refractivity contribution in [1.82, 2.24) is 0 Å². The van der Waals surface area contributed by atoms with Crippen molar-refractivity contribution < 1.29 is 10.0 Å². The van der Waals surface area contributed by atoms with Crippen molar-refractivity contribution in [2.45, 2.75) is 20.3 Å². The lowest BCUT2D eigenvalue weighted by Crippen LogP contribution is -2.16. The highest BCUT2D eigenvalue weighted by molar-refractivity contribution is 7.12. The first-order valence-corrected chi connectivity index (χ1v) is 7.41. The van der Waals surface area contributed by atoms with Gasteiger partial charge in [-0.3, -0.25) is 4.79 Å². The van der Waals surface area contributed by atoms with Gasteiger partial charge in [-0.2, -0.15) is 0 Å². The normalized spacial score (nSPS) is 11.4. The molecule has 0 aliphatic rings. The molecule has 5 nitrogen and oxygen atoms in total.